The minimum absolute atomic E-state index is 0.0126. The molecule has 0 atom stereocenters. The van der Waals surface area contributed by atoms with E-state index < -0.39 is 27.5 Å². The molecule has 0 unspecified atom stereocenters. The minimum atomic E-state index is -4.70. The van der Waals surface area contributed by atoms with E-state index in [1.807, 2.05) is 0 Å². The van der Waals surface area contributed by atoms with Crippen LogP contribution in [0.2, 0.25) is 0 Å². The molecule has 130 valence electrons. The maximum atomic E-state index is 13.1. The molecule has 2 aromatic rings. The molecule has 0 saturated carbocycles. The Bertz CT molecular complexity index is 850. The first kappa shape index (κ1) is 18.6. The van der Waals surface area contributed by atoms with Gasteiger partial charge in [0.1, 0.15) is 11.3 Å². The molecule has 1 N–H and O–H groups in total. The maximum absolute atomic E-state index is 13.1. The van der Waals surface area contributed by atoms with E-state index in [1.165, 1.54) is 18.2 Å². The van der Waals surface area contributed by atoms with Gasteiger partial charge in [0, 0.05) is 0 Å². The number of hydrogen-bond donors (Lipinski definition) is 1. The molecule has 0 heterocycles. The smallest absolute Gasteiger partial charge is 0.420 e. The zero-order valence-electron chi connectivity index (χ0n) is 12.6. The molecule has 0 spiro atoms. The maximum Gasteiger partial charge on any atom is 0.420 e. The molecular formula is C15H13BrF3NO3S. The minimum Gasteiger partial charge on any atom is -0.495 e. The summed E-state index contributed by atoms with van der Waals surface area (Å²) in [5.41, 5.74) is -0.447. The molecule has 0 fully saturated rings. The normalized spacial score (nSPS) is 12.1. The van der Waals surface area contributed by atoms with Crippen LogP contribution >= 0.6 is 15.9 Å². The van der Waals surface area contributed by atoms with Crippen molar-refractivity contribution in [2.75, 3.05) is 11.8 Å². The van der Waals surface area contributed by atoms with Gasteiger partial charge in [-0.25, -0.2) is 8.42 Å². The Balaban J connectivity index is 2.46. The summed E-state index contributed by atoms with van der Waals surface area (Å²) < 4.78 is 70.8. The highest BCUT2D eigenvalue weighted by Gasteiger charge is 2.36. The summed E-state index contributed by atoms with van der Waals surface area (Å²) in [5, 5.41) is 0. The number of methoxy groups -OCH3 is 1. The Morgan fingerprint density at radius 2 is 1.71 bits per heavy atom. The fraction of sp³-hybridized carbons (Fsp3) is 0.200. The Kier molecular flexibility index (Phi) is 5.14. The third-order valence-corrected chi connectivity index (χ3v) is 5.12. The van der Waals surface area contributed by atoms with Gasteiger partial charge in [-0.15, -0.1) is 0 Å². The molecule has 0 aliphatic carbocycles. The number of halogens is 4. The van der Waals surface area contributed by atoms with Crippen LogP contribution in [0.3, 0.4) is 0 Å². The van der Waals surface area contributed by atoms with Gasteiger partial charge in [0.25, 0.3) is 10.0 Å². The molecule has 0 saturated heterocycles. The molecule has 24 heavy (non-hydrogen) atoms. The molecule has 2 aromatic carbocycles. The van der Waals surface area contributed by atoms with Gasteiger partial charge >= 0.3 is 6.18 Å². The van der Waals surface area contributed by atoms with Crippen LogP contribution in [0.5, 0.6) is 5.75 Å². The lowest BCUT2D eigenvalue weighted by molar-refractivity contribution is -0.138. The number of rotatable bonds is 4. The van der Waals surface area contributed by atoms with E-state index >= 15 is 0 Å². The molecule has 0 bridgehead atoms. The molecule has 2 rings (SSSR count). The summed E-state index contributed by atoms with van der Waals surface area (Å²) in [4.78, 5) is -0.0476. The lowest BCUT2D eigenvalue weighted by Crippen LogP contribution is -2.15. The molecular weight excluding hydrogens is 411 g/mol. The van der Waals surface area contributed by atoms with Crippen molar-refractivity contribution in [3.8, 4) is 5.75 Å². The van der Waals surface area contributed by atoms with Crippen LogP contribution in [0.4, 0.5) is 18.9 Å². The van der Waals surface area contributed by atoms with Crippen molar-refractivity contribution in [1.82, 2.24) is 0 Å². The number of sulfonamides is 1. The van der Waals surface area contributed by atoms with Crippen molar-refractivity contribution in [2.24, 2.45) is 0 Å². The second-order valence-corrected chi connectivity index (χ2v) is 7.49. The number of benzene rings is 2. The van der Waals surface area contributed by atoms with E-state index in [-0.39, 0.29) is 15.1 Å². The molecule has 0 aromatic heterocycles. The summed E-state index contributed by atoms with van der Waals surface area (Å²) >= 11 is 2.96. The van der Waals surface area contributed by atoms with Crippen LogP contribution in [-0.4, -0.2) is 15.5 Å². The van der Waals surface area contributed by atoms with Crippen LogP contribution in [0.25, 0.3) is 0 Å². The first-order valence-electron chi connectivity index (χ1n) is 6.59. The van der Waals surface area contributed by atoms with E-state index in [0.29, 0.717) is 6.07 Å². The van der Waals surface area contributed by atoms with Crippen molar-refractivity contribution >= 4 is 31.6 Å². The highest BCUT2D eigenvalue weighted by molar-refractivity contribution is 9.10. The largest absolute Gasteiger partial charge is 0.495 e. The third kappa shape index (κ3) is 4.02. The second-order valence-electron chi connectivity index (χ2n) is 4.96. The Hall–Kier alpha value is -1.74. The van der Waals surface area contributed by atoms with Crippen molar-refractivity contribution < 1.29 is 26.3 Å². The SMILES string of the molecule is COc1c(Br)cc(NS(=O)(=O)c2ccc(C)cc2)cc1C(F)(F)F. The summed E-state index contributed by atoms with van der Waals surface area (Å²) in [6.07, 6.45) is -4.70. The quantitative estimate of drug-likeness (QED) is 0.782. The van der Waals surface area contributed by atoms with Crippen molar-refractivity contribution in [2.45, 2.75) is 18.0 Å². The summed E-state index contributed by atoms with van der Waals surface area (Å²) in [6, 6.07) is 7.84. The summed E-state index contributed by atoms with van der Waals surface area (Å²) in [6.45, 7) is 1.79. The van der Waals surface area contributed by atoms with Gasteiger partial charge in [-0.1, -0.05) is 17.7 Å². The van der Waals surface area contributed by atoms with Crippen molar-refractivity contribution in [3.05, 3.63) is 52.0 Å². The fourth-order valence-electron chi connectivity index (χ4n) is 2.00. The lowest BCUT2D eigenvalue weighted by Gasteiger charge is -2.16. The van der Waals surface area contributed by atoms with Crippen LogP contribution in [0.1, 0.15) is 11.1 Å². The van der Waals surface area contributed by atoms with Gasteiger partial charge in [-0.2, -0.15) is 13.2 Å². The predicted molar refractivity (Wildman–Crippen MR) is 87.7 cm³/mol. The zero-order valence-corrected chi connectivity index (χ0v) is 15.0. The predicted octanol–water partition coefficient (Wildman–Crippen LogP) is 4.59. The van der Waals surface area contributed by atoms with Crippen LogP contribution in [-0.2, 0) is 16.2 Å². The summed E-state index contributed by atoms with van der Waals surface area (Å²) in [7, 11) is -2.91. The van der Waals surface area contributed by atoms with Crippen LogP contribution in [0.15, 0.2) is 45.8 Å². The molecule has 0 aliphatic heterocycles. The van der Waals surface area contributed by atoms with Gasteiger partial charge in [-0.05, 0) is 47.1 Å². The number of ether oxygens (including phenoxy) is 1. The van der Waals surface area contributed by atoms with E-state index in [1.54, 1.807) is 19.1 Å². The Morgan fingerprint density at radius 1 is 1.12 bits per heavy atom. The fourth-order valence-corrected chi connectivity index (χ4v) is 3.66. The number of aryl methyl sites for hydroxylation is 1. The average Bonchev–Trinajstić information content (AvgIpc) is 2.45. The molecule has 0 amide bonds. The average molecular weight is 424 g/mol. The van der Waals surface area contributed by atoms with Gasteiger partial charge in [-0.3, -0.25) is 4.72 Å². The first-order valence-corrected chi connectivity index (χ1v) is 8.86. The highest BCUT2D eigenvalue weighted by atomic mass is 79.9. The number of nitrogens with one attached hydrogen (secondary N) is 1. The molecule has 0 aliphatic rings. The molecule has 9 heteroatoms. The third-order valence-electron chi connectivity index (χ3n) is 3.14. The van der Waals surface area contributed by atoms with Crippen molar-refractivity contribution in [1.29, 1.82) is 0 Å². The van der Waals surface area contributed by atoms with Gasteiger partial charge in [0.2, 0.25) is 0 Å². The van der Waals surface area contributed by atoms with Gasteiger partial charge < -0.3 is 4.74 Å². The lowest BCUT2D eigenvalue weighted by atomic mass is 10.1. The standard InChI is InChI=1S/C15H13BrF3NO3S/c1-9-3-5-11(6-4-9)24(21,22)20-10-7-12(15(17,18)19)14(23-2)13(16)8-10/h3-8,20H,1-2H3. The van der Waals surface area contributed by atoms with E-state index in [4.69, 9.17) is 4.74 Å². The van der Waals surface area contributed by atoms with Crippen molar-refractivity contribution in [3.63, 3.8) is 0 Å². The van der Waals surface area contributed by atoms with E-state index in [9.17, 15) is 21.6 Å². The van der Waals surface area contributed by atoms with Gasteiger partial charge in [0.15, 0.2) is 0 Å². The number of anilines is 1. The number of alkyl halides is 3. The van der Waals surface area contributed by atoms with Crippen LogP contribution in [0, 0.1) is 6.92 Å². The monoisotopic (exact) mass is 423 g/mol. The number of hydrogen-bond acceptors (Lipinski definition) is 3. The molecule has 0 radical (unpaired) electrons. The highest BCUT2D eigenvalue weighted by Crippen LogP contribution is 2.42. The second kappa shape index (κ2) is 6.64. The van der Waals surface area contributed by atoms with E-state index in [0.717, 1.165) is 12.7 Å². The van der Waals surface area contributed by atoms with Gasteiger partial charge in [0.05, 0.1) is 22.2 Å². The molecule has 4 nitrogen and oxygen atoms in total. The Morgan fingerprint density at radius 3 is 2.21 bits per heavy atom. The first-order chi connectivity index (χ1) is 11.0. The van der Waals surface area contributed by atoms with E-state index in [2.05, 4.69) is 20.7 Å². The van der Waals surface area contributed by atoms with Crippen LogP contribution < -0.4 is 9.46 Å². The topological polar surface area (TPSA) is 55.4 Å². The Labute approximate surface area is 145 Å². The summed E-state index contributed by atoms with van der Waals surface area (Å²) in [5.74, 6) is -0.416. The zero-order chi connectivity index (χ0) is 18.1.